The number of nitrogens with zero attached hydrogens (tertiary/aromatic N) is 2. The molecule has 0 aliphatic carbocycles. The van der Waals surface area contributed by atoms with Crippen molar-refractivity contribution in [2.45, 2.75) is 6.42 Å². The third kappa shape index (κ3) is 4.05. The van der Waals surface area contributed by atoms with Crippen LogP contribution in [0.5, 0.6) is 5.88 Å². The van der Waals surface area contributed by atoms with Gasteiger partial charge in [-0.15, -0.1) is 0 Å². The highest BCUT2D eigenvalue weighted by atomic mass is 35.5. The third-order valence-electron chi connectivity index (χ3n) is 1.33. The summed E-state index contributed by atoms with van der Waals surface area (Å²) >= 11 is 5.61. The highest BCUT2D eigenvalue weighted by Crippen LogP contribution is 2.08. The van der Waals surface area contributed by atoms with Gasteiger partial charge in [0.2, 0.25) is 5.88 Å². The summed E-state index contributed by atoms with van der Waals surface area (Å²) in [4.78, 5) is 7.74. The predicted octanol–water partition coefficient (Wildman–Crippen LogP) is 1.55. The zero-order valence-electron chi connectivity index (χ0n) is 7.36. The molecule has 0 aliphatic heterocycles. The van der Waals surface area contributed by atoms with Gasteiger partial charge in [0, 0.05) is 20.1 Å². The molecule has 0 spiro atoms. The van der Waals surface area contributed by atoms with Crippen LogP contribution in [0.4, 0.5) is 0 Å². The number of rotatable bonds is 5. The number of aromatic nitrogens is 2. The zero-order valence-corrected chi connectivity index (χ0v) is 8.12. The van der Waals surface area contributed by atoms with Crippen LogP contribution in [-0.4, -0.2) is 30.3 Å². The Hall–Kier alpha value is -0.870. The molecule has 0 unspecified atom stereocenters. The van der Waals surface area contributed by atoms with Crippen molar-refractivity contribution in [2.24, 2.45) is 0 Å². The van der Waals surface area contributed by atoms with Gasteiger partial charge in [-0.3, -0.25) is 4.98 Å². The minimum Gasteiger partial charge on any atom is -0.476 e. The maximum absolute atomic E-state index is 5.61. The smallest absolute Gasteiger partial charge is 0.233 e. The van der Waals surface area contributed by atoms with Crippen molar-refractivity contribution in [3.05, 3.63) is 17.5 Å². The summed E-state index contributed by atoms with van der Waals surface area (Å²) in [6.07, 6.45) is 3.81. The highest BCUT2D eigenvalue weighted by molar-refractivity contribution is 6.29. The van der Waals surface area contributed by atoms with Crippen molar-refractivity contribution in [3.63, 3.8) is 0 Å². The molecule has 13 heavy (non-hydrogen) atoms. The van der Waals surface area contributed by atoms with Crippen molar-refractivity contribution in [3.8, 4) is 5.88 Å². The third-order valence-corrected chi connectivity index (χ3v) is 1.51. The number of hydrogen-bond donors (Lipinski definition) is 0. The highest BCUT2D eigenvalue weighted by Gasteiger charge is 1.96. The van der Waals surface area contributed by atoms with E-state index in [0.29, 0.717) is 24.2 Å². The van der Waals surface area contributed by atoms with Crippen LogP contribution < -0.4 is 4.74 Å². The summed E-state index contributed by atoms with van der Waals surface area (Å²) in [5, 5.41) is 0.337. The predicted molar refractivity (Wildman–Crippen MR) is 49.0 cm³/mol. The lowest BCUT2D eigenvalue weighted by molar-refractivity contribution is 0.170. The van der Waals surface area contributed by atoms with E-state index in [4.69, 9.17) is 21.1 Å². The Labute approximate surface area is 81.9 Å². The lowest BCUT2D eigenvalue weighted by Crippen LogP contribution is -2.02. The van der Waals surface area contributed by atoms with Crippen LogP contribution in [0.1, 0.15) is 6.42 Å². The van der Waals surface area contributed by atoms with Crippen LogP contribution in [0.25, 0.3) is 0 Å². The van der Waals surface area contributed by atoms with Crippen LogP contribution in [0.2, 0.25) is 5.15 Å². The van der Waals surface area contributed by atoms with Gasteiger partial charge in [-0.2, -0.15) is 4.98 Å². The molecule has 72 valence electrons. The average molecular weight is 203 g/mol. The van der Waals surface area contributed by atoms with Gasteiger partial charge < -0.3 is 9.47 Å². The van der Waals surface area contributed by atoms with Gasteiger partial charge in [0.15, 0.2) is 5.15 Å². The molecule has 0 aliphatic rings. The normalized spacial score (nSPS) is 10.0. The number of halogens is 1. The maximum Gasteiger partial charge on any atom is 0.233 e. The largest absolute Gasteiger partial charge is 0.476 e. The molecule has 0 saturated heterocycles. The van der Waals surface area contributed by atoms with Gasteiger partial charge in [0.1, 0.15) is 0 Å². The van der Waals surface area contributed by atoms with Crippen LogP contribution >= 0.6 is 11.6 Å². The summed E-state index contributed by atoms with van der Waals surface area (Å²) in [7, 11) is 1.65. The van der Waals surface area contributed by atoms with E-state index in [2.05, 4.69) is 9.97 Å². The summed E-state index contributed by atoms with van der Waals surface area (Å²) in [6.45, 7) is 1.23. The van der Waals surface area contributed by atoms with E-state index in [1.54, 1.807) is 7.11 Å². The lowest BCUT2D eigenvalue weighted by atomic mass is 10.5. The van der Waals surface area contributed by atoms with Crippen molar-refractivity contribution in [2.75, 3.05) is 20.3 Å². The van der Waals surface area contributed by atoms with Crippen molar-refractivity contribution >= 4 is 11.6 Å². The Morgan fingerprint density at radius 2 is 2.23 bits per heavy atom. The van der Waals surface area contributed by atoms with Gasteiger partial charge in [-0.05, 0) is 0 Å². The summed E-state index contributed by atoms with van der Waals surface area (Å²) < 4.78 is 10.1. The Balaban J connectivity index is 2.28. The van der Waals surface area contributed by atoms with Gasteiger partial charge in [0.05, 0.1) is 19.0 Å². The first-order valence-corrected chi connectivity index (χ1v) is 4.30. The SMILES string of the molecule is COCCCOc1cncc(Cl)n1. The fourth-order valence-electron chi connectivity index (χ4n) is 0.775. The first kappa shape index (κ1) is 10.2. The first-order valence-electron chi connectivity index (χ1n) is 3.92. The molecule has 1 rings (SSSR count). The summed E-state index contributed by atoms with van der Waals surface area (Å²) in [6, 6.07) is 0. The average Bonchev–Trinajstić information content (AvgIpc) is 2.13. The standard InChI is InChI=1S/C8H11ClN2O2/c1-12-3-2-4-13-8-6-10-5-7(9)11-8/h5-6H,2-4H2,1H3. The fourth-order valence-corrected chi connectivity index (χ4v) is 0.915. The lowest BCUT2D eigenvalue weighted by Gasteiger charge is -2.03. The molecule has 0 N–H and O–H groups in total. The molecule has 0 aromatic carbocycles. The molecule has 0 saturated carbocycles. The Bertz CT molecular complexity index is 258. The quantitative estimate of drug-likeness (QED) is 0.680. The molecule has 1 aromatic rings. The van der Waals surface area contributed by atoms with E-state index in [0.717, 1.165) is 6.42 Å². The van der Waals surface area contributed by atoms with E-state index in [9.17, 15) is 0 Å². The molecule has 1 heterocycles. The van der Waals surface area contributed by atoms with Crippen molar-refractivity contribution < 1.29 is 9.47 Å². The van der Waals surface area contributed by atoms with Crippen LogP contribution in [0.15, 0.2) is 12.4 Å². The molecule has 0 bridgehead atoms. The molecule has 5 heteroatoms. The van der Waals surface area contributed by atoms with Gasteiger partial charge in [-0.1, -0.05) is 11.6 Å². The topological polar surface area (TPSA) is 44.2 Å². The number of ether oxygens (including phenoxy) is 2. The molecular weight excluding hydrogens is 192 g/mol. The molecule has 1 aromatic heterocycles. The summed E-state index contributed by atoms with van der Waals surface area (Å²) in [5.41, 5.74) is 0. The van der Waals surface area contributed by atoms with Gasteiger partial charge in [0.25, 0.3) is 0 Å². The Morgan fingerprint density at radius 1 is 1.38 bits per heavy atom. The van der Waals surface area contributed by atoms with Gasteiger partial charge >= 0.3 is 0 Å². The maximum atomic E-state index is 5.61. The van der Waals surface area contributed by atoms with E-state index in [1.807, 2.05) is 0 Å². The molecular formula is C8H11ClN2O2. The monoisotopic (exact) mass is 202 g/mol. The molecule has 0 fully saturated rings. The molecule has 0 radical (unpaired) electrons. The number of hydrogen-bond acceptors (Lipinski definition) is 4. The first-order chi connectivity index (χ1) is 6.33. The van der Waals surface area contributed by atoms with Gasteiger partial charge in [-0.25, -0.2) is 0 Å². The minimum absolute atomic E-state index is 0.337. The molecule has 4 nitrogen and oxygen atoms in total. The van der Waals surface area contributed by atoms with E-state index < -0.39 is 0 Å². The molecule has 0 atom stereocenters. The van der Waals surface area contributed by atoms with E-state index in [1.165, 1.54) is 12.4 Å². The van der Waals surface area contributed by atoms with E-state index in [-0.39, 0.29) is 0 Å². The van der Waals surface area contributed by atoms with E-state index >= 15 is 0 Å². The fraction of sp³-hybridized carbons (Fsp3) is 0.500. The second kappa shape index (κ2) is 5.72. The van der Waals surface area contributed by atoms with Crippen molar-refractivity contribution in [1.29, 1.82) is 0 Å². The second-order valence-corrected chi connectivity index (χ2v) is 2.76. The van der Waals surface area contributed by atoms with Crippen LogP contribution in [0.3, 0.4) is 0 Å². The second-order valence-electron chi connectivity index (χ2n) is 2.37. The number of methoxy groups -OCH3 is 1. The Morgan fingerprint density at radius 3 is 2.92 bits per heavy atom. The molecule has 0 amide bonds. The van der Waals surface area contributed by atoms with Crippen LogP contribution in [-0.2, 0) is 4.74 Å². The van der Waals surface area contributed by atoms with Crippen molar-refractivity contribution in [1.82, 2.24) is 9.97 Å². The minimum atomic E-state index is 0.337. The van der Waals surface area contributed by atoms with Crippen LogP contribution in [0, 0.1) is 0 Å². The Kier molecular flexibility index (Phi) is 4.49. The summed E-state index contributed by atoms with van der Waals surface area (Å²) in [5.74, 6) is 0.448. The zero-order chi connectivity index (χ0) is 9.52.